The molecule has 0 saturated heterocycles. The fourth-order valence-electron chi connectivity index (χ4n) is 1.83. The summed E-state index contributed by atoms with van der Waals surface area (Å²) in [7, 11) is 0. The van der Waals surface area contributed by atoms with Crippen molar-refractivity contribution in [3.63, 3.8) is 0 Å². The molecule has 0 spiro atoms. The summed E-state index contributed by atoms with van der Waals surface area (Å²) in [5.41, 5.74) is 0.542. The zero-order chi connectivity index (χ0) is 10.5. The van der Waals surface area contributed by atoms with Crippen molar-refractivity contribution in [1.82, 2.24) is 9.97 Å². The molecular formula is C11H14N2OS. The molecule has 0 aliphatic heterocycles. The van der Waals surface area contributed by atoms with E-state index in [0.29, 0.717) is 5.56 Å². The van der Waals surface area contributed by atoms with Gasteiger partial charge in [0.1, 0.15) is 0 Å². The van der Waals surface area contributed by atoms with Gasteiger partial charge in [0.05, 0.1) is 5.56 Å². The van der Waals surface area contributed by atoms with E-state index in [1.807, 2.05) is 0 Å². The van der Waals surface area contributed by atoms with Crippen LogP contribution in [0.3, 0.4) is 0 Å². The molecule has 1 saturated carbocycles. The number of nitrogens with zero attached hydrogens (tertiary/aromatic N) is 2. The third-order valence-electron chi connectivity index (χ3n) is 2.71. The first-order chi connectivity index (χ1) is 7.38. The second-order valence-electron chi connectivity index (χ2n) is 3.88. The second-order valence-corrected chi connectivity index (χ2v) is 4.87. The normalized spacial score (nSPS) is 16.8. The van der Waals surface area contributed by atoms with Crippen molar-refractivity contribution in [1.29, 1.82) is 0 Å². The lowest BCUT2D eigenvalue weighted by atomic mass is 10.1. The standard InChI is InChI=1S/C11H14N2OS/c14-7-10-5-12-11(13-6-10)15-8-9-3-1-2-4-9/h5-7,9H,1-4,8H2. The maximum Gasteiger partial charge on any atom is 0.187 e. The highest BCUT2D eigenvalue weighted by Crippen LogP contribution is 2.29. The van der Waals surface area contributed by atoms with Crippen LogP contribution in [-0.2, 0) is 0 Å². The maximum atomic E-state index is 10.4. The van der Waals surface area contributed by atoms with Crippen LogP contribution in [0.2, 0.25) is 0 Å². The molecule has 4 heteroatoms. The molecule has 1 heterocycles. The van der Waals surface area contributed by atoms with Crippen LogP contribution in [0.15, 0.2) is 17.6 Å². The summed E-state index contributed by atoms with van der Waals surface area (Å²) in [4.78, 5) is 18.7. The van der Waals surface area contributed by atoms with Crippen LogP contribution in [0.25, 0.3) is 0 Å². The van der Waals surface area contributed by atoms with E-state index in [9.17, 15) is 4.79 Å². The Kier molecular flexibility index (Phi) is 3.72. The Morgan fingerprint density at radius 1 is 1.33 bits per heavy atom. The van der Waals surface area contributed by atoms with Gasteiger partial charge in [-0.05, 0) is 18.8 Å². The summed E-state index contributed by atoms with van der Waals surface area (Å²) in [6.45, 7) is 0. The van der Waals surface area contributed by atoms with Gasteiger partial charge < -0.3 is 0 Å². The summed E-state index contributed by atoms with van der Waals surface area (Å²) in [5, 5.41) is 0.785. The fourth-order valence-corrected chi connectivity index (χ4v) is 2.80. The topological polar surface area (TPSA) is 42.9 Å². The summed E-state index contributed by atoms with van der Waals surface area (Å²) in [5.74, 6) is 1.95. The SMILES string of the molecule is O=Cc1cnc(SCC2CCCC2)nc1. The Balaban J connectivity index is 1.84. The molecule has 1 aliphatic carbocycles. The van der Waals surface area contributed by atoms with E-state index in [1.165, 1.54) is 25.7 Å². The van der Waals surface area contributed by atoms with E-state index in [-0.39, 0.29) is 0 Å². The zero-order valence-electron chi connectivity index (χ0n) is 8.56. The lowest BCUT2D eigenvalue weighted by Gasteiger charge is -2.06. The van der Waals surface area contributed by atoms with Gasteiger partial charge in [-0.2, -0.15) is 0 Å². The molecule has 0 N–H and O–H groups in total. The molecule has 0 bridgehead atoms. The number of thioether (sulfide) groups is 1. The summed E-state index contributed by atoms with van der Waals surface area (Å²) >= 11 is 1.70. The molecule has 1 aliphatic rings. The molecule has 15 heavy (non-hydrogen) atoms. The van der Waals surface area contributed by atoms with Crippen molar-refractivity contribution >= 4 is 18.0 Å². The Labute approximate surface area is 93.7 Å². The van der Waals surface area contributed by atoms with Gasteiger partial charge in [-0.25, -0.2) is 9.97 Å². The average molecular weight is 222 g/mol. The number of aldehydes is 1. The van der Waals surface area contributed by atoms with E-state index in [4.69, 9.17) is 0 Å². The first-order valence-electron chi connectivity index (χ1n) is 5.28. The van der Waals surface area contributed by atoms with Crippen molar-refractivity contribution in [2.24, 2.45) is 5.92 Å². The van der Waals surface area contributed by atoms with Gasteiger partial charge in [-0.15, -0.1) is 0 Å². The van der Waals surface area contributed by atoms with E-state index < -0.39 is 0 Å². The molecule has 1 fully saturated rings. The zero-order valence-corrected chi connectivity index (χ0v) is 9.37. The van der Waals surface area contributed by atoms with Crippen molar-refractivity contribution in [3.05, 3.63) is 18.0 Å². The van der Waals surface area contributed by atoms with Gasteiger partial charge in [0.15, 0.2) is 11.4 Å². The molecule has 0 unspecified atom stereocenters. The van der Waals surface area contributed by atoms with Gasteiger partial charge in [0, 0.05) is 18.1 Å². The van der Waals surface area contributed by atoms with Gasteiger partial charge in [0.2, 0.25) is 0 Å². The first-order valence-corrected chi connectivity index (χ1v) is 6.27. The van der Waals surface area contributed by atoms with Gasteiger partial charge in [-0.3, -0.25) is 4.79 Å². The van der Waals surface area contributed by atoms with Gasteiger partial charge >= 0.3 is 0 Å². The Hall–Kier alpha value is -0.900. The van der Waals surface area contributed by atoms with Gasteiger partial charge in [0.25, 0.3) is 0 Å². The third kappa shape index (κ3) is 3.02. The van der Waals surface area contributed by atoms with E-state index in [1.54, 1.807) is 24.2 Å². The van der Waals surface area contributed by atoms with E-state index in [0.717, 1.165) is 23.1 Å². The number of rotatable bonds is 4. The van der Waals surface area contributed by atoms with Gasteiger partial charge in [-0.1, -0.05) is 24.6 Å². The highest BCUT2D eigenvalue weighted by molar-refractivity contribution is 7.99. The second kappa shape index (κ2) is 5.26. The lowest BCUT2D eigenvalue weighted by molar-refractivity contribution is 0.112. The minimum atomic E-state index is 0.542. The molecule has 2 rings (SSSR count). The van der Waals surface area contributed by atoms with Crippen LogP contribution >= 0.6 is 11.8 Å². The van der Waals surface area contributed by atoms with E-state index >= 15 is 0 Å². The largest absolute Gasteiger partial charge is 0.298 e. The average Bonchev–Trinajstić information content (AvgIpc) is 2.80. The van der Waals surface area contributed by atoms with Crippen LogP contribution in [0, 0.1) is 5.92 Å². The Morgan fingerprint density at radius 2 is 2.00 bits per heavy atom. The third-order valence-corrected chi connectivity index (χ3v) is 3.81. The maximum absolute atomic E-state index is 10.4. The number of hydrogen-bond acceptors (Lipinski definition) is 4. The highest BCUT2D eigenvalue weighted by Gasteiger charge is 2.15. The number of carbonyl (C=O) groups excluding carboxylic acids is 1. The van der Waals surface area contributed by atoms with Crippen molar-refractivity contribution in [2.45, 2.75) is 30.8 Å². The quantitative estimate of drug-likeness (QED) is 0.446. The van der Waals surface area contributed by atoms with Crippen LogP contribution in [0.1, 0.15) is 36.0 Å². The molecule has 1 aromatic rings. The van der Waals surface area contributed by atoms with Crippen molar-refractivity contribution in [2.75, 3.05) is 5.75 Å². The Morgan fingerprint density at radius 3 is 2.60 bits per heavy atom. The predicted octanol–water partition coefficient (Wildman–Crippen LogP) is 2.57. The lowest BCUT2D eigenvalue weighted by Crippen LogP contribution is -1.98. The van der Waals surface area contributed by atoms with E-state index in [2.05, 4.69) is 9.97 Å². The van der Waals surface area contributed by atoms with Crippen LogP contribution in [0.5, 0.6) is 0 Å². The summed E-state index contributed by atoms with van der Waals surface area (Å²) < 4.78 is 0. The minimum absolute atomic E-state index is 0.542. The fraction of sp³-hybridized carbons (Fsp3) is 0.545. The number of aromatic nitrogens is 2. The minimum Gasteiger partial charge on any atom is -0.298 e. The van der Waals surface area contributed by atoms with Crippen LogP contribution in [0.4, 0.5) is 0 Å². The van der Waals surface area contributed by atoms with Crippen molar-refractivity contribution < 1.29 is 4.79 Å². The van der Waals surface area contributed by atoms with Crippen molar-refractivity contribution in [3.8, 4) is 0 Å². The molecule has 0 atom stereocenters. The molecule has 0 amide bonds. The molecular weight excluding hydrogens is 208 g/mol. The first kappa shape index (κ1) is 10.6. The number of carbonyl (C=O) groups is 1. The number of hydrogen-bond donors (Lipinski definition) is 0. The van der Waals surface area contributed by atoms with Crippen LogP contribution < -0.4 is 0 Å². The highest BCUT2D eigenvalue weighted by atomic mass is 32.2. The molecule has 0 aromatic carbocycles. The molecule has 3 nitrogen and oxygen atoms in total. The summed E-state index contributed by atoms with van der Waals surface area (Å²) in [6.07, 6.45) is 9.37. The Bertz CT molecular complexity index is 320. The smallest absolute Gasteiger partial charge is 0.187 e. The summed E-state index contributed by atoms with van der Waals surface area (Å²) in [6, 6.07) is 0. The van der Waals surface area contributed by atoms with Crippen LogP contribution in [-0.4, -0.2) is 22.0 Å². The predicted molar refractivity (Wildman–Crippen MR) is 60.1 cm³/mol. The monoisotopic (exact) mass is 222 g/mol. The molecule has 1 aromatic heterocycles. The molecule has 80 valence electrons. The molecule has 0 radical (unpaired) electrons.